The minimum absolute atomic E-state index is 0.0120. The molecule has 0 aliphatic rings. The van der Waals surface area contributed by atoms with Gasteiger partial charge in [0.15, 0.2) is 0 Å². The van der Waals surface area contributed by atoms with Crippen molar-refractivity contribution < 1.29 is 9.47 Å². The first-order chi connectivity index (χ1) is 9.30. The van der Waals surface area contributed by atoms with Crippen molar-refractivity contribution in [3.05, 3.63) is 53.9 Å². The van der Waals surface area contributed by atoms with Gasteiger partial charge < -0.3 is 14.8 Å². The number of ether oxygens (including phenoxy) is 2. The summed E-state index contributed by atoms with van der Waals surface area (Å²) in [6.07, 6.45) is 1.77. The normalized spacial score (nSPS) is 11.9. The SMILES string of the molecule is CNC(c1ccc(OC)cc1)c1ncccc1OC. The molecule has 0 fully saturated rings. The number of pyridine rings is 1. The van der Waals surface area contributed by atoms with E-state index in [1.54, 1.807) is 20.4 Å². The van der Waals surface area contributed by atoms with E-state index < -0.39 is 0 Å². The van der Waals surface area contributed by atoms with Crippen LogP contribution in [0, 0.1) is 0 Å². The molecule has 1 aromatic carbocycles. The second kappa shape index (κ2) is 6.20. The number of nitrogens with zero attached hydrogens (tertiary/aromatic N) is 1. The zero-order chi connectivity index (χ0) is 13.7. The number of rotatable bonds is 5. The zero-order valence-electron chi connectivity index (χ0n) is 11.4. The fourth-order valence-electron chi connectivity index (χ4n) is 2.05. The van der Waals surface area contributed by atoms with E-state index in [0.29, 0.717) is 0 Å². The van der Waals surface area contributed by atoms with E-state index in [4.69, 9.17) is 9.47 Å². The van der Waals surface area contributed by atoms with Crippen LogP contribution < -0.4 is 14.8 Å². The van der Waals surface area contributed by atoms with Gasteiger partial charge in [-0.1, -0.05) is 12.1 Å². The molecule has 19 heavy (non-hydrogen) atoms. The summed E-state index contributed by atoms with van der Waals surface area (Å²) in [7, 11) is 5.22. The van der Waals surface area contributed by atoms with E-state index in [0.717, 1.165) is 22.8 Å². The summed E-state index contributed by atoms with van der Waals surface area (Å²) < 4.78 is 10.5. The molecule has 1 N–H and O–H groups in total. The molecule has 1 aromatic heterocycles. The summed E-state index contributed by atoms with van der Waals surface area (Å²) >= 11 is 0. The van der Waals surface area contributed by atoms with Crippen molar-refractivity contribution in [3.63, 3.8) is 0 Å². The number of methoxy groups -OCH3 is 2. The predicted molar refractivity (Wildman–Crippen MR) is 74.7 cm³/mol. The lowest BCUT2D eigenvalue weighted by atomic mass is 10.0. The van der Waals surface area contributed by atoms with Crippen LogP contribution in [0.25, 0.3) is 0 Å². The molecule has 2 aromatic rings. The van der Waals surface area contributed by atoms with Crippen LogP contribution in [0.4, 0.5) is 0 Å². The van der Waals surface area contributed by atoms with Crippen LogP contribution in [0.1, 0.15) is 17.3 Å². The molecule has 0 spiro atoms. The van der Waals surface area contributed by atoms with Gasteiger partial charge in [0, 0.05) is 6.20 Å². The molecule has 0 radical (unpaired) electrons. The molecule has 0 saturated heterocycles. The first-order valence-corrected chi connectivity index (χ1v) is 6.10. The quantitative estimate of drug-likeness (QED) is 0.894. The molecule has 0 amide bonds. The third-order valence-electron chi connectivity index (χ3n) is 3.03. The van der Waals surface area contributed by atoms with Crippen LogP contribution in [0.15, 0.2) is 42.6 Å². The van der Waals surface area contributed by atoms with Gasteiger partial charge in [-0.2, -0.15) is 0 Å². The highest BCUT2D eigenvalue weighted by Crippen LogP contribution is 2.28. The van der Waals surface area contributed by atoms with Crippen molar-refractivity contribution in [1.82, 2.24) is 10.3 Å². The molecular formula is C15H18N2O2. The maximum atomic E-state index is 5.37. The Morgan fingerprint density at radius 1 is 1.05 bits per heavy atom. The Labute approximate surface area is 113 Å². The molecule has 0 bridgehead atoms. The minimum atomic E-state index is -0.0120. The van der Waals surface area contributed by atoms with Crippen LogP contribution in [-0.4, -0.2) is 26.3 Å². The lowest BCUT2D eigenvalue weighted by Crippen LogP contribution is -2.19. The molecule has 0 aliphatic heterocycles. The Hall–Kier alpha value is -2.07. The van der Waals surface area contributed by atoms with E-state index in [-0.39, 0.29) is 6.04 Å². The lowest BCUT2D eigenvalue weighted by molar-refractivity contribution is 0.401. The molecular weight excluding hydrogens is 240 g/mol. The Morgan fingerprint density at radius 2 is 1.79 bits per heavy atom. The van der Waals surface area contributed by atoms with E-state index in [9.17, 15) is 0 Å². The van der Waals surface area contributed by atoms with Crippen molar-refractivity contribution in [2.24, 2.45) is 0 Å². The smallest absolute Gasteiger partial charge is 0.142 e. The third-order valence-corrected chi connectivity index (χ3v) is 3.03. The van der Waals surface area contributed by atoms with Gasteiger partial charge in [0.1, 0.15) is 17.2 Å². The van der Waals surface area contributed by atoms with Gasteiger partial charge in [0.05, 0.1) is 20.3 Å². The lowest BCUT2D eigenvalue weighted by Gasteiger charge is -2.18. The molecule has 2 rings (SSSR count). The summed E-state index contributed by atoms with van der Waals surface area (Å²) in [6.45, 7) is 0. The molecule has 0 saturated carbocycles. The molecule has 0 aliphatic carbocycles. The Balaban J connectivity index is 2.37. The van der Waals surface area contributed by atoms with E-state index in [1.807, 2.05) is 43.4 Å². The van der Waals surface area contributed by atoms with E-state index in [2.05, 4.69) is 10.3 Å². The molecule has 4 nitrogen and oxygen atoms in total. The Kier molecular flexibility index (Phi) is 4.36. The predicted octanol–water partition coefficient (Wildman–Crippen LogP) is 2.41. The molecule has 1 heterocycles. The summed E-state index contributed by atoms with van der Waals surface area (Å²) in [5.41, 5.74) is 1.98. The van der Waals surface area contributed by atoms with Crippen LogP contribution in [0.5, 0.6) is 11.5 Å². The maximum absolute atomic E-state index is 5.37. The van der Waals surface area contributed by atoms with E-state index >= 15 is 0 Å². The van der Waals surface area contributed by atoms with Crippen LogP contribution in [-0.2, 0) is 0 Å². The summed E-state index contributed by atoms with van der Waals surface area (Å²) in [4.78, 5) is 4.42. The van der Waals surface area contributed by atoms with Gasteiger partial charge in [0.2, 0.25) is 0 Å². The number of hydrogen-bond acceptors (Lipinski definition) is 4. The highest BCUT2D eigenvalue weighted by atomic mass is 16.5. The monoisotopic (exact) mass is 258 g/mol. The first kappa shape index (κ1) is 13.4. The number of aromatic nitrogens is 1. The fourth-order valence-corrected chi connectivity index (χ4v) is 2.05. The van der Waals surface area contributed by atoms with Gasteiger partial charge in [-0.15, -0.1) is 0 Å². The molecule has 1 atom stereocenters. The van der Waals surface area contributed by atoms with E-state index in [1.165, 1.54) is 0 Å². The number of hydrogen-bond donors (Lipinski definition) is 1. The number of nitrogens with one attached hydrogen (secondary N) is 1. The third kappa shape index (κ3) is 2.85. The summed E-state index contributed by atoms with van der Waals surface area (Å²) in [5.74, 6) is 1.62. The van der Waals surface area contributed by atoms with Crippen molar-refractivity contribution in [2.75, 3.05) is 21.3 Å². The average molecular weight is 258 g/mol. The summed E-state index contributed by atoms with van der Waals surface area (Å²) in [5, 5.41) is 3.26. The second-order valence-electron chi connectivity index (χ2n) is 4.09. The standard InChI is InChI=1S/C15H18N2O2/c1-16-14(11-6-8-12(18-2)9-7-11)15-13(19-3)5-4-10-17-15/h4-10,14,16H,1-3H3. The second-order valence-corrected chi connectivity index (χ2v) is 4.09. The van der Waals surface area contributed by atoms with Gasteiger partial charge in [-0.25, -0.2) is 0 Å². The molecule has 100 valence electrons. The Morgan fingerprint density at radius 3 is 2.37 bits per heavy atom. The highest BCUT2D eigenvalue weighted by Gasteiger charge is 2.17. The molecule has 4 heteroatoms. The van der Waals surface area contributed by atoms with Crippen LogP contribution in [0.3, 0.4) is 0 Å². The van der Waals surface area contributed by atoms with Gasteiger partial charge >= 0.3 is 0 Å². The number of benzene rings is 1. The van der Waals surface area contributed by atoms with Crippen molar-refractivity contribution in [2.45, 2.75) is 6.04 Å². The molecule has 1 unspecified atom stereocenters. The highest BCUT2D eigenvalue weighted by molar-refractivity contribution is 5.38. The fraction of sp³-hybridized carbons (Fsp3) is 0.267. The topological polar surface area (TPSA) is 43.4 Å². The maximum Gasteiger partial charge on any atom is 0.142 e. The van der Waals surface area contributed by atoms with Crippen LogP contribution in [0.2, 0.25) is 0 Å². The van der Waals surface area contributed by atoms with Gasteiger partial charge in [-0.3, -0.25) is 4.98 Å². The first-order valence-electron chi connectivity index (χ1n) is 6.10. The minimum Gasteiger partial charge on any atom is -0.497 e. The van der Waals surface area contributed by atoms with Crippen molar-refractivity contribution in [1.29, 1.82) is 0 Å². The van der Waals surface area contributed by atoms with Crippen molar-refractivity contribution in [3.8, 4) is 11.5 Å². The largest absolute Gasteiger partial charge is 0.497 e. The Bertz CT molecular complexity index is 526. The zero-order valence-corrected chi connectivity index (χ0v) is 11.4. The summed E-state index contributed by atoms with van der Waals surface area (Å²) in [6, 6.07) is 11.7. The van der Waals surface area contributed by atoms with Gasteiger partial charge in [-0.05, 0) is 36.9 Å². The van der Waals surface area contributed by atoms with Gasteiger partial charge in [0.25, 0.3) is 0 Å². The van der Waals surface area contributed by atoms with Crippen LogP contribution >= 0.6 is 0 Å². The average Bonchev–Trinajstić information content (AvgIpc) is 2.49. The van der Waals surface area contributed by atoms with Crippen molar-refractivity contribution >= 4 is 0 Å².